The highest BCUT2D eigenvalue weighted by molar-refractivity contribution is 5.99. The zero-order valence-electron chi connectivity index (χ0n) is 26.3. The van der Waals surface area contributed by atoms with Crippen molar-refractivity contribution in [2.75, 3.05) is 19.8 Å². The number of allylic oxidation sites excluding steroid dienone is 1. The number of nitrogens with zero attached hydrogens (tertiary/aromatic N) is 2. The molecule has 10 nitrogen and oxygen atoms in total. The van der Waals surface area contributed by atoms with Crippen LogP contribution in [0.2, 0.25) is 0 Å². The van der Waals surface area contributed by atoms with E-state index >= 15 is 0 Å². The predicted molar refractivity (Wildman–Crippen MR) is 165 cm³/mol. The van der Waals surface area contributed by atoms with Crippen molar-refractivity contribution in [1.29, 1.82) is 0 Å². The van der Waals surface area contributed by atoms with Gasteiger partial charge >= 0.3 is 5.97 Å². The van der Waals surface area contributed by atoms with Crippen molar-refractivity contribution < 1.29 is 33.8 Å². The Balaban J connectivity index is 1.68. The number of likely N-dealkylation sites (tertiary alicyclic amines) is 1. The first kappa shape index (κ1) is 33.4. The van der Waals surface area contributed by atoms with Gasteiger partial charge in [-0.25, -0.2) is 0 Å². The Labute approximate surface area is 260 Å². The number of rotatable bonds is 15. The molecule has 2 bridgehead atoms. The second-order valence-electron chi connectivity index (χ2n) is 12.7. The Morgan fingerprint density at radius 1 is 1.18 bits per heavy atom. The molecule has 3 heterocycles. The van der Waals surface area contributed by atoms with Crippen molar-refractivity contribution in [1.82, 2.24) is 15.1 Å². The molecule has 10 heteroatoms. The first-order chi connectivity index (χ1) is 21.0. The van der Waals surface area contributed by atoms with Crippen LogP contribution in [0.3, 0.4) is 0 Å². The van der Waals surface area contributed by atoms with Crippen LogP contribution in [-0.4, -0.2) is 88.2 Å². The third-order valence-electron chi connectivity index (χ3n) is 9.30. The van der Waals surface area contributed by atoms with Crippen LogP contribution in [0.25, 0.3) is 0 Å². The van der Waals surface area contributed by atoms with Crippen molar-refractivity contribution in [2.45, 2.75) is 89.3 Å². The highest BCUT2D eigenvalue weighted by Gasteiger charge is 2.75. The number of carbonyl (C=O) groups excluding carboxylic acids is 4. The number of aliphatic hydroxyl groups is 1. The smallest absolute Gasteiger partial charge is 0.306 e. The lowest BCUT2D eigenvalue weighted by molar-refractivity contribution is -0.153. The molecule has 3 fully saturated rings. The van der Waals surface area contributed by atoms with Gasteiger partial charge in [-0.05, 0) is 44.6 Å². The molecule has 1 spiro atoms. The maximum atomic E-state index is 14.4. The van der Waals surface area contributed by atoms with Crippen LogP contribution in [-0.2, 0) is 28.7 Å². The Morgan fingerprint density at radius 3 is 2.48 bits per heavy atom. The number of amides is 3. The van der Waals surface area contributed by atoms with Gasteiger partial charge in [0.15, 0.2) is 0 Å². The lowest BCUT2D eigenvalue weighted by Gasteiger charge is -2.41. The number of fused-ring (bicyclic) bond motifs is 1. The van der Waals surface area contributed by atoms with Gasteiger partial charge in [0.25, 0.3) is 0 Å². The highest BCUT2D eigenvalue weighted by Crippen LogP contribution is 2.59. The number of ether oxygens (including phenoxy) is 2. The molecule has 0 aromatic heterocycles. The number of esters is 1. The van der Waals surface area contributed by atoms with Gasteiger partial charge in [0.05, 0.1) is 36.6 Å². The Kier molecular flexibility index (Phi) is 10.7. The average molecular weight is 610 g/mol. The summed E-state index contributed by atoms with van der Waals surface area (Å²) in [5.41, 5.74) is -0.447. The molecular formula is C34H47N3O7. The summed E-state index contributed by atoms with van der Waals surface area (Å²) in [4.78, 5) is 58.4. The molecule has 4 rings (SSSR count). The normalized spacial score (nSPS) is 26.8. The third-order valence-corrected chi connectivity index (χ3v) is 9.30. The van der Waals surface area contributed by atoms with E-state index in [0.29, 0.717) is 25.8 Å². The molecule has 1 aromatic rings. The fourth-order valence-corrected chi connectivity index (χ4v) is 7.14. The lowest BCUT2D eigenvalue weighted by Crippen LogP contribution is -2.60. The van der Waals surface area contributed by atoms with Crippen molar-refractivity contribution in [3.05, 3.63) is 61.2 Å². The molecule has 3 aliphatic heterocycles. The molecule has 44 heavy (non-hydrogen) atoms. The van der Waals surface area contributed by atoms with Gasteiger partial charge in [-0.3, -0.25) is 19.2 Å². The highest BCUT2D eigenvalue weighted by atomic mass is 16.5. The van der Waals surface area contributed by atoms with Crippen molar-refractivity contribution in [3.63, 3.8) is 0 Å². The van der Waals surface area contributed by atoms with Crippen LogP contribution in [0, 0.1) is 17.8 Å². The minimum absolute atomic E-state index is 0.0776. The van der Waals surface area contributed by atoms with Gasteiger partial charge in [0.1, 0.15) is 18.2 Å². The molecule has 2 N–H and O–H groups in total. The molecule has 0 unspecified atom stereocenters. The summed E-state index contributed by atoms with van der Waals surface area (Å²) in [6.45, 7) is 14.9. The fraction of sp³-hybridized carbons (Fsp3) is 0.588. The summed E-state index contributed by atoms with van der Waals surface area (Å²) < 4.78 is 12.1. The second-order valence-corrected chi connectivity index (χ2v) is 12.7. The van der Waals surface area contributed by atoms with E-state index in [4.69, 9.17) is 9.47 Å². The van der Waals surface area contributed by atoms with E-state index in [0.717, 1.165) is 5.56 Å². The van der Waals surface area contributed by atoms with Gasteiger partial charge in [-0.1, -0.05) is 56.3 Å². The van der Waals surface area contributed by atoms with Crippen LogP contribution < -0.4 is 5.32 Å². The molecule has 240 valence electrons. The van der Waals surface area contributed by atoms with Crippen LogP contribution in [0.4, 0.5) is 0 Å². The SMILES string of the molecule is C=CCCC(=O)OC[C@@H](NC(=O)[C@@H]1[C@H]2C(=O)N([C@@H](CO)C(C)C)[C@H](C(=O)N(CC=C)C(C)C)[C@]23CC[C@H]1O3)c1ccccc1. The summed E-state index contributed by atoms with van der Waals surface area (Å²) in [5.74, 6) is -3.31. The summed E-state index contributed by atoms with van der Waals surface area (Å²) >= 11 is 0. The van der Waals surface area contributed by atoms with Gasteiger partial charge in [-0.15, -0.1) is 13.2 Å². The summed E-state index contributed by atoms with van der Waals surface area (Å²) in [6.07, 6.45) is 4.37. The largest absolute Gasteiger partial charge is 0.463 e. The van der Waals surface area contributed by atoms with Gasteiger partial charge in [0, 0.05) is 19.0 Å². The maximum Gasteiger partial charge on any atom is 0.306 e. The third kappa shape index (κ3) is 6.19. The van der Waals surface area contributed by atoms with Gasteiger partial charge in [0.2, 0.25) is 17.7 Å². The second kappa shape index (κ2) is 14.1. The number of aliphatic hydroxyl groups excluding tert-OH is 1. The number of benzene rings is 1. The quantitative estimate of drug-likeness (QED) is 0.231. The van der Waals surface area contributed by atoms with E-state index in [9.17, 15) is 24.3 Å². The predicted octanol–water partition coefficient (Wildman–Crippen LogP) is 3.17. The van der Waals surface area contributed by atoms with E-state index in [1.165, 1.54) is 4.90 Å². The molecule has 0 saturated carbocycles. The number of nitrogens with one attached hydrogen (secondary N) is 1. The van der Waals surface area contributed by atoms with E-state index in [-0.39, 0.29) is 43.4 Å². The summed E-state index contributed by atoms with van der Waals surface area (Å²) in [5, 5.41) is 13.5. The van der Waals surface area contributed by atoms with Crippen molar-refractivity contribution in [2.24, 2.45) is 17.8 Å². The Hall–Kier alpha value is -3.50. The first-order valence-electron chi connectivity index (χ1n) is 15.7. The van der Waals surface area contributed by atoms with E-state index in [1.54, 1.807) is 17.1 Å². The molecule has 0 aliphatic carbocycles. The minimum atomic E-state index is -1.20. The minimum Gasteiger partial charge on any atom is -0.463 e. The average Bonchev–Trinajstić information content (AvgIpc) is 3.64. The van der Waals surface area contributed by atoms with Crippen LogP contribution >= 0.6 is 0 Å². The monoisotopic (exact) mass is 609 g/mol. The van der Waals surface area contributed by atoms with Crippen LogP contribution in [0.5, 0.6) is 0 Å². The number of hydrogen-bond donors (Lipinski definition) is 2. The molecule has 0 radical (unpaired) electrons. The number of hydrogen-bond acceptors (Lipinski definition) is 7. The van der Waals surface area contributed by atoms with Crippen molar-refractivity contribution in [3.8, 4) is 0 Å². The van der Waals surface area contributed by atoms with Crippen LogP contribution in [0.15, 0.2) is 55.6 Å². The Bertz CT molecular complexity index is 1230. The standard InChI is InChI=1S/C34H47N3O7/c1-7-9-15-27(39)43-20-24(23-13-11-10-12-14-23)35-31(40)28-26-16-17-34(44-26)29(28)32(41)37(25(19-38)21(3)4)30(34)33(42)36(18-8-2)22(5)6/h7-8,10-14,21-22,24-26,28-30,38H,1-2,9,15-20H2,3-6H3,(H,35,40)/t24-,25+,26-,28+,29+,30-,34+/m1/s1. The topological polar surface area (TPSA) is 125 Å². The summed E-state index contributed by atoms with van der Waals surface area (Å²) in [6, 6.07) is 6.77. The molecule has 3 aliphatic rings. The number of carbonyl (C=O) groups is 4. The van der Waals surface area contributed by atoms with E-state index in [2.05, 4.69) is 18.5 Å². The Morgan fingerprint density at radius 2 is 1.89 bits per heavy atom. The van der Waals surface area contributed by atoms with Gasteiger partial charge in [-0.2, -0.15) is 0 Å². The summed E-state index contributed by atoms with van der Waals surface area (Å²) in [7, 11) is 0. The fourth-order valence-electron chi connectivity index (χ4n) is 7.14. The lowest BCUT2D eigenvalue weighted by atomic mass is 9.70. The van der Waals surface area contributed by atoms with E-state index in [1.807, 2.05) is 58.0 Å². The zero-order chi connectivity index (χ0) is 32.2. The first-order valence-corrected chi connectivity index (χ1v) is 15.7. The molecule has 3 saturated heterocycles. The zero-order valence-corrected chi connectivity index (χ0v) is 26.3. The van der Waals surface area contributed by atoms with Gasteiger partial charge < -0.3 is 29.7 Å². The maximum absolute atomic E-state index is 14.4. The van der Waals surface area contributed by atoms with Crippen molar-refractivity contribution >= 4 is 23.7 Å². The molecule has 7 atom stereocenters. The molecular weight excluding hydrogens is 562 g/mol. The van der Waals surface area contributed by atoms with E-state index < -0.39 is 53.5 Å². The molecule has 1 aromatic carbocycles. The molecule has 3 amide bonds. The van der Waals surface area contributed by atoms with Crippen LogP contribution in [0.1, 0.15) is 65.0 Å².